The van der Waals surface area contributed by atoms with Crippen LogP contribution in [0.5, 0.6) is 5.75 Å². The van der Waals surface area contributed by atoms with E-state index in [4.69, 9.17) is 9.94 Å². The number of nitrogens with one attached hydrogen (secondary N) is 1. The lowest BCUT2D eigenvalue weighted by Gasteiger charge is -2.26. The summed E-state index contributed by atoms with van der Waals surface area (Å²) >= 11 is 0. The molecule has 1 atom stereocenters. The van der Waals surface area contributed by atoms with Gasteiger partial charge in [0.2, 0.25) is 5.91 Å². The molecule has 0 unspecified atom stereocenters. The predicted molar refractivity (Wildman–Crippen MR) is 99.5 cm³/mol. The highest BCUT2D eigenvalue weighted by molar-refractivity contribution is 7.59. The minimum absolute atomic E-state index is 0. The zero-order chi connectivity index (χ0) is 17.8. The molecule has 2 N–H and O–H groups in total. The van der Waals surface area contributed by atoms with Crippen molar-refractivity contribution >= 4 is 25.3 Å². The maximum absolute atomic E-state index is 12.7. The van der Waals surface area contributed by atoms with E-state index in [0.717, 1.165) is 11.3 Å². The van der Waals surface area contributed by atoms with Gasteiger partial charge in [0.05, 0.1) is 12.5 Å². The van der Waals surface area contributed by atoms with Crippen LogP contribution in [0.4, 0.5) is 0 Å². The summed E-state index contributed by atoms with van der Waals surface area (Å²) < 4.78 is 5.76. The van der Waals surface area contributed by atoms with Crippen molar-refractivity contribution in [3.05, 3.63) is 59.4 Å². The molecule has 0 fully saturated rings. The normalized spacial score (nSPS) is 15.8. The lowest BCUT2D eigenvalue weighted by molar-refractivity contribution is -0.133. The smallest absolute Gasteiger partial charge is 0.274 e. The van der Waals surface area contributed by atoms with Crippen LogP contribution in [-0.2, 0) is 17.8 Å². The third-order valence-corrected chi connectivity index (χ3v) is 4.16. The Morgan fingerprint density at radius 3 is 2.85 bits per heavy atom. The molecule has 8 heteroatoms. The van der Waals surface area contributed by atoms with E-state index in [1.165, 1.54) is 0 Å². The van der Waals surface area contributed by atoms with E-state index < -0.39 is 5.91 Å². The Morgan fingerprint density at radius 1 is 1.35 bits per heavy atom. The lowest BCUT2D eigenvalue weighted by atomic mass is 10.1. The number of hydrogen-bond donors (Lipinski definition) is 2. The van der Waals surface area contributed by atoms with Crippen LogP contribution >= 0.6 is 13.5 Å². The second-order valence-corrected chi connectivity index (χ2v) is 5.94. The first-order chi connectivity index (χ1) is 12.1. The highest BCUT2D eigenvalue weighted by Gasteiger charge is 2.26. The van der Waals surface area contributed by atoms with Crippen molar-refractivity contribution in [2.45, 2.75) is 25.9 Å². The van der Waals surface area contributed by atoms with Crippen molar-refractivity contribution in [1.29, 1.82) is 0 Å². The molecule has 26 heavy (non-hydrogen) atoms. The quantitative estimate of drug-likeness (QED) is 0.629. The van der Waals surface area contributed by atoms with Gasteiger partial charge in [-0.2, -0.15) is 13.5 Å². The van der Waals surface area contributed by atoms with Crippen LogP contribution in [-0.4, -0.2) is 39.6 Å². The number of benzene rings is 1. The molecule has 138 valence electrons. The van der Waals surface area contributed by atoms with Gasteiger partial charge >= 0.3 is 0 Å². The largest absolute Gasteiger partial charge is 0.491 e. The number of fused-ring (bicyclic) bond motifs is 1. The van der Waals surface area contributed by atoms with E-state index in [2.05, 4.69) is 4.98 Å². The second-order valence-electron chi connectivity index (χ2n) is 5.94. The van der Waals surface area contributed by atoms with Gasteiger partial charge in [-0.05, 0) is 31.2 Å². The van der Waals surface area contributed by atoms with Crippen molar-refractivity contribution in [3.63, 3.8) is 0 Å². The Labute approximate surface area is 158 Å². The summed E-state index contributed by atoms with van der Waals surface area (Å²) in [4.78, 5) is 30.2. The van der Waals surface area contributed by atoms with Crippen LogP contribution in [0.25, 0.3) is 0 Å². The van der Waals surface area contributed by atoms with Gasteiger partial charge in [0.15, 0.2) is 0 Å². The first-order valence-electron chi connectivity index (χ1n) is 7.98. The average molecular weight is 375 g/mol. The maximum atomic E-state index is 12.7. The molecule has 2 amide bonds. The van der Waals surface area contributed by atoms with E-state index in [9.17, 15) is 9.59 Å². The number of amides is 2. The van der Waals surface area contributed by atoms with E-state index in [0.29, 0.717) is 24.5 Å². The van der Waals surface area contributed by atoms with Gasteiger partial charge in [-0.25, -0.2) is 5.48 Å². The molecule has 2 aromatic rings. The van der Waals surface area contributed by atoms with Crippen molar-refractivity contribution < 1.29 is 19.5 Å². The first-order valence-corrected chi connectivity index (χ1v) is 7.98. The third-order valence-electron chi connectivity index (χ3n) is 4.16. The summed E-state index contributed by atoms with van der Waals surface area (Å²) in [5.41, 5.74) is 3.43. The Bertz CT molecular complexity index is 785. The van der Waals surface area contributed by atoms with Crippen LogP contribution in [0.1, 0.15) is 28.5 Å². The molecule has 0 saturated heterocycles. The lowest BCUT2D eigenvalue weighted by Crippen LogP contribution is -2.40. The topological polar surface area (TPSA) is 91.8 Å². The summed E-state index contributed by atoms with van der Waals surface area (Å²) in [6.45, 7) is 2.64. The predicted octanol–water partition coefficient (Wildman–Crippen LogP) is 1.67. The number of hydrogen-bond acceptors (Lipinski definition) is 5. The Morgan fingerprint density at radius 2 is 2.15 bits per heavy atom. The molecule has 0 radical (unpaired) electrons. The number of carbonyl (C=O) groups is 2. The second kappa shape index (κ2) is 8.68. The number of carbonyl (C=O) groups excluding carboxylic acids is 2. The number of hydroxylamine groups is 1. The molecule has 0 saturated carbocycles. The highest BCUT2D eigenvalue weighted by atomic mass is 32.1. The van der Waals surface area contributed by atoms with Crippen molar-refractivity contribution in [2.24, 2.45) is 0 Å². The van der Waals surface area contributed by atoms with Gasteiger partial charge in [-0.15, -0.1) is 0 Å². The SMILES string of the molecule is C[C@H]1COc2cc(C(=O)NO)ccc2CN1C(=O)Cc1ccccn1.S. The third kappa shape index (κ3) is 4.33. The molecule has 7 nitrogen and oxygen atoms in total. The summed E-state index contributed by atoms with van der Waals surface area (Å²) in [5.74, 6) is -0.0901. The molecule has 1 aliphatic rings. The van der Waals surface area contributed by atoms with Crippen molar-refractivity contribution in [2.75, 3.05) is 6.61 Å². The zero-order valence-electron chi connectivity index (χ0n) is 14.3. The fourth-order valence-corrected chi connectivity index (χ4v) is 2.76. The van der Waals surface area contributed by atoms with Crippen LogP contribution in [0, 0.1) is 0 Å². The summed E-state index contributed by atoms with van der Waals surface area (Å²) in [7, 11) is 0. The Hall–Kier alpha value is -2.58. The molecule has 1 aromatic heterocycles. The molecule has 0 aliphatic carbocycles. The van der Waals surface area contributed by atoms with Crippen molar-refractivity contribution in [1.82, 2.24) is 15.4 Å². The van der Waals surface area contributed by atoms with E-state index >= 15 is 0 Å². The van der Waals surface area contributed by atoms with Crippen LogP contribution in [0.2, 0.25) is 0 Å². The van der Waals surface area contributed by atoms with E-state index in [1.54, 1.807) is 34.8 Å². The van der Waals surface area contributed by atoms with Gasteiger partial charge in [0, 0.05) is 29.6 Å². The van der Waals surface area contributed by atoms with Gasteiger partial charge < -0.3 is 9.64 Å². The van der Waals surface area contributed by atoms with Crippen molar-refractivity contribution in [3.8, 4) is 5.75 Å². The monoisotopic (exact) mass is 375 g/mol. The summed E-state index contributed by atoms with van der Waals surface area (Å²) in [6.07, 6.45) is 1.89. The molecule has 2 heterocycles. The Balaban J connectivity index is 0.00000243. The van der Waals surface area contributed by atoms with Crippen LogP contribution in [0.15, 0.2) is 42.6 Å². The van der Waals surface area contributed by atoms with Crippen LogP contribution in [0.3, 0.4) is 0 Å². The Kier molecular flexibility index (Phi) is 6.59. The van der Waals surface area contributed by atoms with E-state index in [-0.39, 0.29) is 31.9 Å². The minimum Gasteiger partial charge on any atom is -0.491 e. The highest BCUT2D eigenvalue weighted by Crippen LogP contribution is 2.27. The van der Waals surface area contributed by atoms with Gasteiger partial charge in [-0.1, -0.05) is 12.1 Å². The number of ether oxygens (including phenoxy) is 1. The fourth-order valence-electron chi connectivity index (χ4n) is 2.76. The molecule has 1 aliphatic heterocycles. The molecule has 0 bridgehead atoms. The zero-order valence-corrected chi connectivity index (χ0v) is 15.3. The minimum atomic E-state index is -0.605. The van der Waals surface area contributed by atoms with Gasteiger partial charge in [0.1, 0.15) is 12.4 Å². The van der Waals surface area contributed by atoms with Gasteiger partial charge in [-0.3, -0.25) is 19.8 Å². The number of rotatable bonds is 3. The number of pyridine rings is 1. The molecule has 0 spiro atoms. The standard InChI is InChI=1S/C18H19N3O4.H2S/c1-12-11-25-16-8-13(18(23)20-24)5-6-14(16)10-21(12)17(22)9-15-4-2-3-7-19-15;/h2-8,12,24H,9-11H2,1H3,(H,20,23);1H2/t12-;/m0./s1. The van der Waals surface area contributed by atoms with Crippen LogP contribution < -0.4 is 10.2 Å². The summed E-state index contributed by atoms with van der Waals surface area (Å²) in [6, 6.07) is 10.3. The molecular weight excluding hydrogens is 354 g/mol. The number of nitrogens with zero attached hydrogens (tertiary/aromatic N) is 2. The van der Waals surface area contributed by atoms with E-state index in [1.807, 2.05) is 25.1 Å². The maximum Gasteiger partial charge on any atom is 0.274 e. The molecular formula is C18H21N3O4S. The summed E-state index contributed by atoms with van der Waals surface area (Å²) in [5, 5.41) is 8.75. The fraction of sp³-hybridized carbons (Fsp3) is 0.278. The molecule has 3 rings (SSSR count). The molecule has 1 aromatic carbocycles. The first kappa shape index (κ1) is 19.7. The average Bonchev–Trinajstić information content (AvgIpc) is 2.80. The number of aromatic nitrogens is 1. The van der Waals surface area contributed by atoms with Gasteiger partial charge in [0.25, 0.3) is 5.91 Å².